The lowest BCUT2D eigenvalue weighted by Crippen LogP contribution is -2.31. The maximum absolute atomic E-state index is 9.98. The van der Waals surface area contributed by atoms with Crippen LogP contribution in [0.4, 0.5) is 0 Å². The molecule has 2 nitrogen and oxygen atoms in total. The Balaban J connectivity index is 2.63. The fourth-order valence-electron chi connectivity index (χ4n) is 1.42. The molecule has 1 aromatic rings. The van der Waals surface area contributed by atoms with Crippen molar-refractivity contribution in [3.63, 3.8) is 0 Å². The monoisotopic (exact) mass is 213 g/mol. The third kappa shape index (κ3) is 2.80. The largest absolute Gasteiger partial charge is 0.386 e. The first kappa shape index (κ1) is 11.7. The summed E-state index contributed by atoms with van der Waals surface area (Å²) in [5.74, 6) is 0. The molecular weight excluding hydrogens is 194 g/mol. The van der Waals surface area contributed by atoms with Gasteiger partial charge in [-0.1, -0.05) is 13.8 Å². The van der Waals surface area contributed by atoms with E-state index in [9.17, 15) is 5.11 Å². The normalized spacial score (nSPS) is 15.4. The Labute approximate surface area is 90.0 Å². The molecule has 0 spiro atoms. The number of thiophene rings is 1. The molecule has 1 aromatic heterocycles. The van der Waals surface area contributed by atoms with Crippen LogP contribution in [0.15, 0.2) is 12.1 Å². The molecule has 0 bridgehead atoms. The predicted molar refractivity (Wildman–Crippen MR) is 61.8 cm³/mol. The zero-order valence-electron chi connectivity index (χ0n) is 9.08. The first-order valence-electron chi connectivity index (χ1n) is 5.19. The quantitative estimate of drug-likeness (QED) is 0.787. The van der Waals surface area contributed by atoms with Crippen molar-refractivity contribution in [2.24, 2.45) is 0 Å². The molecule has 0 fully saturated rings. The highest BCUT2D eigenvalue weighted by molar-refractivity contribution is 7.12. The molecule has 1 heterocycles. The highest BCUT2D eigenvalue weighted by Crippen LogP contribution is 2.25. The number of aryl methyl sites for hydroxylation is 1. The van der Waals surface area contributed by atoms with Crippen molar-refractivity contribution in [1.82, 2.24) is 5.32 Å². The van der Waals surface area contributed by atoms with Crippen LogP contribution in [0, 0.1) is 0 Å². The van der Waals surface area contributed by atoms with Crippen molar-refractivity contribution in [3.05, 3.63) is 21.9 Å². The van der Waals surface area contributed by atoms with Crippen LogP contribution in [0.1, 0.15) is 36.6 Å². The van der Waals surface area contributed by atoms with E-state index in [1.54, 1.807) is 11.3 Å². The van der Waals surface area contributed by atoms with Gasteiger partial charge in [0.15, 0.2) is 0 Å². The van der Waals surface area contributed by atoms with E-state index in [2.05, 4.69) is 25.2 Å². The van der Waals surface area contributed by atoms with Crippen LogP contribution in [0.5, 0.6) is 0 Å². The van der Waals surface area contributed by atoms with Crippen LogP contribution < -0.4 is 5.32 Å². The maximum atomic E-state index is 9.98. The van der Waals surface area contributed by atoms with Gasteiger partial charge in [0.05, 0.1) is 0 Å². The van der Waals surface area contributed by atoms with E-state index in [-0.39, 0.29) is 12.1 Å². The second-order valence-corrected chi connectivity index (χ2v) is 4.65. The third-order valence-electron chi connectivity index (χ3n) is 2.32. The zero-order chi connectivity index (χ0) is 10.6. The lowest BCUT2D eigenvalue weighted by atomic mass is 10.1. The Morgan fingerprint density at radius 1 is 1.43 bits per heavy atom. The Hall–Kier alpha value is -0.380. The molecule has 0 aliphatic carbocycles. The summed E-state index contributed by atoms with van der Waals surface area (Å²) in [7, 11) is 0. The average molecular weight is 213 g/mol. The highest BCUT2D eigenvalue weighted by atomic mass is 32.1. The summed E-state index contributed by atoms with van der Waals surface area (Å²) in [5, 5.41) is 13.2. The second-order valence-electron chi connectivity index (χ2n) is 3.45. The van der Waals surface area contributed by atoms with Crippen molar-refractivity contribution in [2.75, 3.05) is 6.54 Å². The predicted octanol–water partition coefficient (Wildman–Crippen LogP) is 2.34. The van der Waals surface area contributed by atoms with Gasteiger partial charge < -0.3 is 10.4 Å². The standard InChI is InChI=1S/C11H19NOS/c1-4-9-6-7-10(14-9)11(13)8(3)12-5-2/h6-8,11-13H,4-5H2,1-3H3. The summed E-state index contributed by atoms with van der Waals surface area (Å²) < 4.78 is 0. The minimum absolute atomic E-state index is 0.128. The molecule has 0 saturated heterocycles. The molecule has 0 radical (unpaired) electrons. The first-order valence-corrected chi connectivity index (χ1v) is 6.00. The summed E-state index contributed by atoms with van der Waals surface area (Å²) in [5.41, 5.74) is 0. The summed E-state index contributed by atoms with van der Waals surface area (Å²) in [4.78, 5) is 2.40. The van der Waals surface area contributed by atoms with Crippen LogP contribution in [0.25, 0.3) is 0 Å². The molecule has 2 N–H and O–H groups in total. The van der Waals surface area contributed by atoms with Gasteiger partial charge >= 0.3 is 0 Å². The molecule has 0 aliphatic rings. The van der Waals surface area contributed by atoms with Crippen LogP contribution >= 0.6 is 11.3 Å². The Bertz CT molecular complexity index is 272. The van der Waals surface area contributed by atoms with Gasteiger partial charge in [-0.25, -0.2) is 0 Å². The van der Waals surface area contributed by atoms with Gasteiger partial charge in [0, 0.05) is 15.8 Å². The van der Waals surface area contributed by atoms with Gasteiger partial charge in [-0.3, -0.25) is 0 Å². The van der Waals surface area contributed by atoms with Crippen LogP contribution in [-0.2, 0) is 6.42 Å². The van der Waals surface area contributed by atoms with E-state index in [1.807, 2.05) is 13.0 Å². The van der Waals surface area contributed by atoms with E-state index < -0.39 is 0 Å². The summed E-state index contributed by atoms with van der Waals surface area (Å²) in [6, 6.07) is 4.26. The van der Waals surface area contributed by atoms with E-state index in [1.165, 1.54) is 4.88 Å². The van der Waals surface area contributed by atoms with Gasteiger partial charge in [0.1, 0.15) is 6.10 Å². The van der Waals surface area contributed by atoms with Crippen LogP contribution in [0.3, 0.4) is 0 Å². The molecule has 2 unspecified atom stereocenters. The maximum Gasteiger partial charge on any atom is 0.103 e. The van der Waals surface area contributed by atoms with Crippen molar-refractivity contribution < 1.29 is 5.11 Å². The van der Waals surface area contributed by atoms with Gasteiger partial charge in [0.25, 0.3) is 0 Å². The molecule has 0 aliphatic heterocycles. The first-order chi connectivity index (χ1) is 6.69. The highest BCUT2D eigenvalue weighted by Gasteiger charge is 2.16. The number of rotatable bonds is 5. The minimum Gasteiger partial charge on any atom is -0.386 e. The molecule has 0 amide bonds. The molecule has 2 atom stereocenters. The van der Waals surface area contributed by atoms with Crippen molar-refractivity contribution >= 4 is 11.3 Å². The second kappa shape index (κ2) is 5.49. The van der Waals surface area contributed by atoms with Gasteiger partial charge in [-0.2, -0.15) is 0 Å². The molecule has 1 rings (SSSR count). The van der Waals surface area contributed by atoms with Crippen molar-refractivity contribution in [2.45, 2.75) is 39.3 Å². The number of nitrogens with one attached hydrogen (secondary N) is 1. The van der Waals surface area contributed by atoms with E-state index in [0.717, 1.165) is 17.8 Å². The zero-order valence-corrected chi connectivity index (χ0v) is 9.90. The van der Waals surface area contributed by atoms with Gasteiger partial charge in [0.2, 0.25) is 0 Å². The average Bonchev–Trinajstić information content (AvgIpc) is 2.65. The lowest BCUT2D eigenvalue weighted by molar-refractivity contribution is 0.140. The molecule has 0 saturated carbocycles. The molecule has 14 heavy (non-hydrogen) atoms. The molecule has 0 aromatic carbocycles. The van der Waals surface area contributed by atoms with E-state index in [0.29, 0.717) is 0 Å². The number of aliphatic hydroxyl groups is 1. The Kier molecular flexibility index (Phi) is 4.58. The van der Waals surface area contributed by atoms with Crippen molar-refractivity contribution in [1.29, 1.82) is 0 Å². The lowest BCUT2D eigenvalue weighted by Gasteiger charge is -2.18. The Morgan fingerprint density at radius 3 is 2.64 bits per heavy atom. The third-order valence-corrected chi connectivity index (χ3v) is 3.62. The smallest absolute Gasteiger partial charge is 0.103 e. The van der Waals surface area contributed by atoms with Crippen LogP contribution in [-0.4, -0.2) is 17.7 Å². The minimum atomic E-state index is -0.375. The topological polar surface area (TPSA) is 32.3 Å². The van der Waals surface area contributed by atoms with Crippen LogP contribution in [0.2, 0.25) is 0 Å². The van der Waals surface area contributed by atoms with E-state index in [4.69, 9.17) is 0 Å². The molecule has 3 heteroatoms. The fourth-order valence-corrected chi connectivity index (χ4v) is 2.47. The Morgan fingerprint density at radius 2 is 2.14 bits per heavy atom. The molecule has 80 valence electrons. The van der Waals surface area contributed by atoms with Gasteiger partial charge in [-0.05, 0) is 32.0 Å². The fraction of sp³-hybridized carbons (Fsp3) is 0.636. The van der Waals surface area contributed by atoms with E-state index >= 15 is 0 Å². The summed E-state index contributed by atoms with van der Waals surface area (Å²) in [6.07, 6.45) is 0.674. The number of hydrogen-bond donors (Lipinski definition) is 2. The molecular formula is C11H19NOS. The number of hydrogen-bond acceptors (Lipinski definition) is 3. The number of likely N-dealkylation sites (N-methyl/N-ethyl adjacent to an activating group) is 1. The summed E-state index contributed by atoms with van der Waals surface area (Å²) in [6.45, 7) is 7.09. The summed E-state index contributed by atoms with van der Waals surface area (Å²) >= 11 is 1.71. The van der Waals surface area contributed by atoms with Crippen molar-refractivity contribution in [3.8, 4) is 0 Å². The van der Waals surface area contributed by atoms with Gasteiger partial charge in [-0.15, -0.1) is 11.3 Å². The number of aliphatic hydroxyl groups excluding tert-OH is 1. The SMILES string of the molecule is CCNC(C)C(O)c1ccc(CC)s1.